The van der Waals surface area contributed by atoms with Crippen LogP contribution in [-0.4, -0.2) is 10.9 Å². The Kier molecular flexibility index (Phi) is 3.47. The highest BCUT2D eigenvalue weighted by atomic mass is 16.1. The van der Waals surface area contributed by atoms with E-state index in [4.69, 9.17) is 0 Å². The Hall–Kier alpha value is -1.05. The maximum atomic E-state index is 11.1. The lowest BCUT2D eigenvalue weighted by Crippen LogP contribution is -2.16. The predicted molar refractivity (Wildman–Crippen MR) is 64.7 cm³/mol. The Morgan fingerprint density at radius 3 is 2.62 bits per heavy atom. The van der Waals surface area contributed by atoms with E-state index in [2.05, 4.69) is 10.6 Å². The van der Waals surface area contributed by atoms with Gasteiger partial charge in [-0.1, -0.05) is 19.3 Å². The van der Waals surface area contributed by atoms with Crippen molar-refractivity contribution in [2.45, 2.75) is 52.5 Å². The van der Waals surface area contributed by atoms with E-state index in [1.54, 1.807) is 0 Å². The molecule has 0 amide bonds. The second-order valence-corrected chi connectivity index (χ2v) is 4.95. The van der Waals surface area contributed by atoms with E-state index in [9.17, 15) is 4.79 Å². The monoisotopic (exact) mass is 218 g/mol. The zero-order valence-corrected chi connectivity index (χ0v) is 10.3. The fraction of sp³-hybridized carbons (Fsp3) is 0.643. The molecular weight excluding hydrogens is 198 g/mol. The molecule has 0 atom stereocenters. The van der Waals surface area contributed by atoms with Gasteiger partial charge in [-0.15, -0.1) is 0 Å². The lowest BCUT2D eigenvalue weighted by atomic mass is 9.89. The minimum Gasteiger partial charge on any atom is -0.342 e. The highest BCUT2D eigenvalue weighted by Gasteiger charge is 2.17. The van der Waals surface area contributed by atoms with Gasteiger partial charge in [0.1, 0.15) is 0 Å². The molecule has 1 aromatic heterocycles. The first-order valence-electron chi connectivity index (χ1n) is 6.26. The van der Waals surface area contributed by atoms with Gasteiger partial charge in [-0.2, -0.15) is 0 Å². The Balaban J connectivity index is 2.16. The average molecular weight is 218 g/mol. The van der Waals surface area contributed by atoms with E-state index >= 15 is 0 Å². The quantitative estimate of drug-likeness (QED) is 0.713. The van der Waals surface area contributed by atoms with Crippen LogP contribution in [-0.2, 0) is 6.54 Å². The third-order valence-electron chi connectivity index (χ3n) is 3.73. The minimum absolute atomic E-state index is 0.756. The van der Waals surface area contributed by atoms with Crippen LogP contribution in [0.2, 0.25) is 0 Å². The third-order valence-corrected chi connectivity index (χ3v) is 3.73. The molecule has 1 aliphatic carbocycles. The number of aromatic nitrogens is 1. The lowest BCUT2D eigenvalue weighted by molar-refractivity contribution is 0.111. The molecule has 87 valence electrons. The van der Waals surface area contributed by atoms with Crippen LogP contribution < -0.4 is 0 Å². The summed E-state index contributed by atoms with van der Waals surface area (Å²) < 4.78 is 2.15. The molecule has 2 nitrogen and oxygen atoms in total. The second kappa shape index (κ2) is 4.86. The Labute approximate surface area is 97.7 Å². The van der Waals surface area contributed by atoms with Crippen molar-refractivity contribution in [3.05, 3.63) is 23.0 Å². The lowest BCUT2D eigenvalue weighted by Gasteiger charge is -2.23. The summed E-state index contributed by atoms with van der Waals surface area (Å²) in [5.74, 6) is 0.756. The van der Waals surface area contributed by atoms with E-state index in [1.807, 2.05) is 13.8 Å². The standard InChI is InChI=1S/C14H20NO/c1-11-8-12(2)15(14(11)10-16)9-13-6-4-3-5-7-13/h10,13H,3-7,9H2,1-2H3. The van der Waals surface area contributed by atoms with E-state index in [1.165, 1.54) is 32.1 Å². The highest BCUT2D eigenvalue weighted by molar-refractivity contribution is 5.75. The maximum Gasteiger partial charge on any atom is 0.166 e. The molecule has 2 heteroatoms. The first-order valence-corrected chi connectivity index (χ1v) is 6.26. The van der Waals surface area contributed by atoms with Crippen molar-refractivity contribution in [3.63, 3.8) is 0 Å². The second-order valence-electron chi connectivity index (χ2n) is 4.95. The number of hydrogen-bond acceptors (Lipinski definition) is 1. The molecule has 1 aliphatic rings. The van der Waals surface area contributed by atoms with Crippen LogP contribution in [0.4, 0.5) is 0 Å². The molecule has 1 radical (unpaired) electrons. The number of nitrogens with zero attached hydrogens (tertiary/aromatic N) is 1. The largest absolute Gasteiger partial charge is 0.342 e. The molecule has 0 N–H and O–H groups in total. The SMILES string of the molecule is Cc1[c]c(C)n(CC2CCCCC2)c1C=O. The Morgan fingerprint density at radius 2 is 2.00 bits per heavy atom. The van der Waals surface area contributed by atoms with Crippen molar-refractivity contribution in [2.24, 2.45) is 5.92 Å². The molecule has 2 rings (SSSR count). The van der Waals surface area contributed by atoms with Crippen LogP contribution in [0.25, 0.3) is 0 Å². The summed E-state index contributed by atoms with van der Waals surface area (Å²) in [6.45, 7) is 5.02. The summed E-state index contributed by atoms with van der Waals surface area (Å²) in [6, 6.07) is 3.25. The topological polar surface area (TPSA) is 22.0 Å². The third kappa shape index (κ3) is 2.21. The molecule has 0 unspecified atom stereocenters. The molecular formula is C14H20NO. The maximum absolute atomic E-state index is 11.1. The number of carbonyl (C=O) groups is 1. The van der Waals surface area contributed by atoms with Crippen LogP contribution in [0.1, 0.15) is 53.8 Å². The minimum atomic E-state index is 0.756. The van der Waals surface area contributed by atoms with Gasteiger partial charge in [-0.05, 0) is 38.2 Å². The zero-order valence-electron chi connectivity index (χ0n) is 10.3. The van der Waals surface area contributed by atoms with Crippen LogP contribution in [0.15, 0.2) is 0 Å². The molecule has 1 fully saturated rings. The molecule has 1 aromatic rings. The molecule has 0 aromatic carbocycles. The Morgan fingerprint density at radius 1 is 1.31 bits per heavy atom. The van der Waals surface area contributed by atoms with Gasteiger partial charge in [0.05, 0.1) is 5.69 Å². The number of hydrogen-bond donors (Lipinski definition) is 0. The highest BCUT2D eigenvalue weighted by Crippen LogP contribution is 2.26. The van der Waals surface area contributed by atoms with Crippen molar-refractivity contribution in [1.29, 1.82) is 0 Å². The van der Waals surface area contributed by atoms with Crippen LogP contribution in [0, 0.1) is 25.8 Å². The Bertz CT molecular complexity index is 372. The summed E-state index contributed by atoms with van der Waals surface area (Å²) in [4.78, 5) is 11.1. The van der Waals surface area contributed by atoms with E-state index in [0.29, 0.717) is 0 Å². The molecule has 1 heterocycles. The molecule has 0 aliphatic heterocycles. The van der Waals surface area contributed by atoms with Crippen molar-refractivity contribution in [1.82, 2.24) is 4.57 Å². The van der Waals surface area contributed by atoms with Gasteiger partial charge >= 0.3 is 0 Å². The van der Waals surface area contributed by atoms with E-state index in [0.717, 1.165) is 35.7 Å². The van der Waals surface area contributed by atoms with Crippen molar-refractivity contribution in [3.8, 4) is 0 Å². The predicted octanol–water partition coefficient (Wildman–Crippen LogP) is 3.30. The van der Waals surface area contributed by atoms with Gasteiger partial charge in [0.2, 0.25) is 0 Å². The van der Waals surface area contributed by atoms with E-state index < -0.39 is 0 Å². The van der Waals surface area contributed by atoms with Gasteiger partial charge in [0, 0.05) is 18.3 Å². The van der Waals surface area contributed by atoms with Crippen molar-refractivity contribution < 1.29 is 4.79 Å². The number of aldehydes is 1. The molecule has 1 saturated carbocycles. The smallest absolute Gasteiger partial charge is 0.166 e. The number of carbonyl (C=O) groups excluding carboxylic acids is 1. The van der Waals surface area contributed by atoms with Gasteiger partial charge in [0.25, 0.3) is 0 Å². The summed E-state index contributed by atoms with van der Waals surface area (Å²) in [5, 5.41) is 0. The van der Waals surface area contributed by atoms with Crippen LogP contribution in [0.3, 0.4) is 0 Å². The molecule has 16 heavy (non-hydrogen) atoms. The fourth-order valence-electron chi connectivity index (χ4n) is 2.80. The van der Waals surface area contributed by atoms with Gasteiger partial charge in [-0.25, -0.2) is 0 Å². The van der Waals surface area contributed by atoms with E-state index in [-0.39, 0.29) is 0 Å². The van der Waals surface area contributed by atoms with Crippen molar-refractivity contribution in [2.75, 3.05) is 0 Å². The van der Waals surface area contributed by atoms with Gasteiger partial charge in [-0.3, -0.25) is 4.79 Å². The average Bonchev–Trinajstić information content (AvgIpc) is 2.55. The van der Waals surface area contributed by atoms with Crippen molar-refractivity contribution >= 4 is 6.29 Å². The summed E-state index contributed by atoms with van der Waals surface area (Å²) in [7, 11) is 0. The van der Waals surface area contributed by atoms with Crippen LogP contribution in [0.5, 0.6) is 0 Å². The molecule has 0 bridgehead atoms. The summed E-state index contributed by atoms with van der Waals surface area (Å²) in [6.07, 6.45) is 7.69. The summed E-state index contributed by atoms with van der Waals surface area (Å²) >= 11 is 0. The number of aryl methyl sites for hydroxylation is 2. The number of rotatable bonds is 3. The van der Waals surface area contributed by atoms with Gasteiger partial charge < -0.3 is 4.57 Å². The van der Waals surface area contributed by atoms with Gasteiger partial charge in [0.15, 0.2) is 6.29 Å². The van der Waals surface area contributed by atoms with Crippen LogP contribution >= 0.6 is 0 Å². The molecule has 0 spiro atoms. The molecule has 0 saturated heterocycles. The first-order chi connectivity index (χ1) is 7.72. The normalized spacial score (nSPS) is 17.6. The first kappa shape index (κ1) is 11.4. The zero-order chi connectivity index (χ0) is 11.5. The fourth-order valence-corrected chi connectivity index (χ4v) is 2.80. The summed E-state index contributed by atoms with van der Waals surface area (Å²) in [5.41, 5.74) is 2.91.